The van der Waals surface area contributed by atoms with Gasteiger partial charge in [0.1, 0.15) is 22.8 Å². The summed E-state index contributed by atoms with van der Waals surface area (Å²) in [6.45, 7) is 3.47. The van der Waals surface area contributed by atoms with Gasteiger partial charge in [-0.15, -0.1) is 0 Å². The van der Waals surface area contributed by atoms with Gasteiger partial charge in [-0.1, -0.05) is 0 Å². The molecule has 10 heteroatoms. The SMILES string of the molecule is Fc1cc(F)c(Nc2nc3cnc(NC4CCNCC4)cc3n2C2CC3(CCOCC3)C2)c(F)c1. The van der Waals surface area contributed by atoms with E-state index >= 15 is 0 Å². The van der Waals surface area contributed by atoms with Gasteiger partial charge in [-0.25, -0.2) is 23.1 Å². The van der Waals surface area contributed by atoms with Crippen LogP contribution in [0, 0.1) is 22.9 Å². The molecule has 2 aromatic heterocycles. The Labute approximate surface area is 201 Å². The summed E-state index contributed by atoms with van der Waals surface area (Å²) in [5.74, 6) is -1.87. The second-order valence-electron chi connectivity index (χ2n) is 10.1. The van der Waals surface area contributed by atoms with Crippen LogP contribution in [-0.2, 0) is 4.74 Å². The van der Waals surface area contributed by atoms with Gasteiger partial charge >= 0.3 is 0 Å². The van der Waals surface area contributed by atoms with Gasteiger partial charge in [0, 0.05) is 43.5 Å². The zero-order valence-corrected chi connectivity index (χ0v) is 19.4. The quantitative estimate of drug-likeness (QED) is 0.477. The summed E-state index contributed by atoms with van der Waals surface area (Å²) in [7, 11) is 0. The number of hydrogen-bond acceptors (Lipinski definition) is 6. The molecule has 7 nitrogen and oxygen atoms in total. The van der Waals surface area contributed by atoms with E-state index in [4.69, 9.17) is 4.74 Å². The summed E-state index contributed by atoms with van der Waals surface area (Å²) in [6.07, 6.45) is 7.66. The van der Waals surface area contributed by atoms with E-state index in [0.29, 0.717) is 29.6 Å². The minimum absolute atomic E-state index is 0.126. The maximum atomic E-state index is 14.5. The molecule has 3 aromatic rings. The molecule has 2 saturated heterocycles. The van der Waals surface area contributed by atoms with E-state index < -0.39 is 23.1 Å². The number of rotatable bonds is 5. The third-order valence-electron chi connectivity index (χ3n) is 7.77. The second kappa shape index (κ2) is 8.98. The summed E-state index contributed by atoms with van der Waals surface area (Å²) in [5, 5.41) is 9.71. The molecule has 1 spiro atoms. The fraction of sp³-hybridized carbons (Fsp3) is 0.520. The first kappa shape index (κ1) is 22.6. The molecule has 3 fully saturated rings. The summed E-state index contributed by atoms with van der Waals surface area (Å²) < 4.78 is 50.0. The number of nitrogens with one attached hydrogen (secondary N) is 3. The highest BCUT2D eigenvalue weighted by atomic mass is 19.1. The number of fused-ring (bicyclic) bond motifs is 1. The molecule has 3 N–H and O–H groups in total. The molecule has 6 rings (SSSR count). The van der Waals surface area contributed by atoms with Crippen molar-refractivity contribution in [1.29, 1.82) is 0 Å². The Morgan fingerprint density at radius 3 is 2.46 bits per heavy atom. The largest absolute Gasteiger partial charge is 0.381 e. The number of benzene rings is 1. The molecule has 0 atom stereocenters. The molecule has 1 aliphatic carbocycles. The third-order valence-corrected chi connectivity index (χ3v) is 7.77. The van der Waals surface area contributed by atoms with Gasteiger partial charge in [0.2, 0.25) is 5.95 Å². The molecular formula is C25H29F3N6O. The minimum atomic E-state index is -0.998. The number of halogens is 3. The molecule has 186 valence electrons. The molecule has 0 radical (unpaired) electrons. The van der Waals surface area contributed by atoms with Crippen LogP contribution in [0.2, 0.25) is 0 Å². The van der Waals surface area contributed by atoms with Crippen molar-refractivity contribution >= 4 is 28.5 Å². The molecule has 4 heterocycles. The van der Waals surface area contributed by atoms with E-state index in [1.807, 2.05) is 10.6 Å². The highest BCUT2D eigenvalue weighted by Crippen LogP contribution is 2.56. The number of pyridine rings is 1. The Morgan fingerprint density at radius 1 is 1.03 bits per heavy atom. The number of piperidine rings is 1. The first-order valence-corrected chi connectivity index (χ1v) is 12.3. The Bertz CT molecular complexity index is 1200. The summed E-state index contributed by atoms with van der Waals surface area (Å²) in [4.78, 5) is 9.18. The number of imidazole rings is 1. The van der Waals surface area contributed by atoms with Crippen molar-refractivity contribution < 1.29 is 17.9 Å². The Morgan fingerprint density at radius 2 is 1.74 bits per heavy atom. The van der Waals surface area contributed by atoms with Crippen LogP contribution in [0.25, 0.3) is 11.0 Å². The fourth-order valence-corrected chi connectivity index (χ4v) is 5.82. The Kier molecular flexibility index (Phi) is 5.80. The maximum Gasteiger partial charge on any atom is 0.208 e. The molecule has 3 aliphatic rings. The summed E-state index contributed by atoms with van der Waals surface area (Å²) in [5.41, 5.74) is 1.32. The number of aromatic nitrogens is 3. The van der Waals surface area contributed by atoms with Crippen molar-refractivity contribution in [3.63, 3.8) is 0 Å². The minimum Gasteiger partial charge on any atom is -0.381 e. The first-order chi connectivity index (χ1) is 17.0. The molecular weight excluding hydrogens is 457 g/mol. The van der Waals surface area contributed by atoms with E-state index in [-0.39, 0.29) is 11.5 Å². The van der Waals surface area contributed by atoms with Crippen LogP contribution < -0.4 is 16.0 Å². The van der Waals surface area contributed by atoms with E-state index in [0.717, 1.165) is 76.2 Å². The fourth-order valence-electron chi connectivity index (χ4n) is 5.82. The lowest BCUT2D eigenvalue weighted by Gasteiger charge is -2.50. The average Bonchev–Trinajstić information content (AvgIpc) is 3.18. The first-order valence-electron chi connectivity index (χ1n) is 12.3. The van der Waals surface area contributed by atoms with Crippen molar-refractivity contribution in [1.82, 2.24) is 19.9 Å². The van der Waals surface area contributed by atoms with Crippen molar-refractivity contribution in [3.8, 4) is 0 Å². The summed E-state index contributed by atoms with van der Waals surface area (Å²) >= 11 is 0. The number of anilines is 3. The number of ether oxygens (including phenoxy) is 1. The van der Waals surface area contributed by atoms with E-state index in [2.05, 4.69) is 25.9 Å². The molecule has 0 amide bonds. The van der Waals surface area contributed by atoms with Crippen LogP contribution in [0.1, 0.15) is 44.6 Å². The molecule has 0 bridgehead atoms. The van der Waals surface area contributed by atoms with Gasteiger partial charge in [0.15, 0.2) is 11.6 Å². The normalized spacial score (nSPS) is 20.8. The van der Waals surface area contributed by atoms with Gasteiger partial charge < -0.3 is 25.3 Å². The molecule has 0 unspecified atom stereocenters. The Balaban J connectivity index is 1.36. The number of nitrogens with zero attached hydrogens (tertiary/aromatic N) is 3. The van der Waals surface area contributed by atoms with E-state index in [9.17, 15) is 13.2 Å². The predicted octanol–water partition coefficient (Wildman–Crippen LogP) is 4.89. The maximum absolute atomic E-state index is 14.5. The molecule has 35 heavy (non-hydrogen) atoms. The second-order valence-corrected chi connectivity index (χ2v) is 10.1. The van der Waals surface area contributed by atoms with Crippen molar-refractivity contribution in [2.45, 2.75) is 50.6 Å². The lowest BCUT2D eigenvalue weighted by Crippen LogP contribution is -2.42. The van der Waals surface area contributed by atoms with Gasteiger partial charge in [0.05, 0.1) is 11.7 Å². The molecule has 1 aromatic carbocycles. The zero-order valence-electron chi connectivity index (χ0n) is 19.4. The van der Waals surface area contributed by atoms with Crippen molar-refractivity contribution in [3.05, 3.63) is 41.8 Å². The lowest BCUT2D eigenvalue weighted by molar-refractivity contribution is -0.0528. The zero-order chi connectivity index (χ0) is 24.0. The smallest absolute Gasteiger partial charge is 0.208 e. The average molecular weight is 487 g/mol. The van der Waals surface area contributed by atoms with Crippen LogP contribution in [0.5, 0.6) is 0 Å². The predicted molar refractivity (Wildman–Crippen MR) is 127 cm³/mol. The van der Waals surface area contributed by atoms with Crippen LogP contribution >= 0.6 is 0 Å². The molecule has 1 saturated carbocycles. The van der Waals surface area contributed by atoms with E-state index in [1.54, 1.807) is 6.20 Å². The molecule has 2 aliphatic heterocycles. The third kappa shape index (κ3) is 4.33. The van der Waals surface area contributed by atoms with E-state index in [1.165, 1.54) is 0 Å². The van der Waals surface area contributed by atoms with Crippen LogP contribution in [0.3, 0.4) is 0 Å². The van der Waals surface area contributed by atoms with Crippen LogP contribution in [0.4, 0.5) is 30.6 Å². The van der Waals surface area contributed by atoms with Crippen molar-refractivity contribution in [2.24, 2.45) is 5.41 Å². The van der Waals surface area contributed by atoms with Gasteiger partial charge in [-0.3, -0.25) is 0 Å². The number of hydrogen-bond donors (Lipinski definition) is 3. The van der Waals surface area contributed by atoms with Gasteiger partial charge in [0.25, 0.3) is 0 Å². The summed E-state index contributed by atoms with van der Waals surface area (Å²) in [6, 6.07) is 3.78. The highest BCUT2D eigenvalue weighted by Gasteiger charge is 2.46. The van der Waals surface area contributed by atoms with Gasteiger partial charge in [-0.2, -0.15) is 0 Å². The monoisotopic (exact) mass is 486 g/mol. The lowest BCUT2D eigenvalue weighted by atomic mass is 9.61. The van der Waals surface area contributed by atoms with Crippen LogP contribution in [-0.4, -0.2) is 46.9 Å². The van der Waals surface area contributed by atoms with Crippen LogP contribution in [0.15, 0.2) is 24.4 Å². The Hall–Kier alpha value is -2.85. The van der Waals surface area contributed by atoms with Gasteiger partial charge in [-0.05, 0) is 57.0 Å². The highest BCUT2D eigenvalue weighted by molar-refractivity contribution is 5.81. The van der Waals surface area contributed by atoms with Crippen molar-refractivity contribution in [2.75, 3.05) is 36.9 Å². The topological polar surface area (TPSA) is 76.0 Å². The standard InChI is InChI=1S/C25H29F3N6O/c26-15-9-18(27)23(19(28)10-15)33-24-32-20-14-30-22(31-16-1-5-29-6-2-16)11-21(20)34(24)17-12-25(13-17)3-7-35-8-4-25/h9-11,14,16-17,29H,1-8,12-13H2,(H,30,31)(H,32,33).